The van der Waals surface area contributed by atoms with E-state index in [4.69, 9.17) is 11.6 Å². The number of rotatable bonds is 5. The lowest BCUT2D eigenvalue weighted by Crippen LogP contribution is -2.32. The number of alkyl halides is 3. The van der Waals surface area contributed by atoms with Gasteiger partial charge < -0.3 is 20.5 Å². The topological polar surface area (TPSA) is 117 Å². The van der Waals surface area contributed by atoms with Gasteiger partial charge in [-0.25, -0.2) is 4.98 Å². The minimum Gasteiger partial charge on any atom is -0.349 e. The Morgan fingerprint density at radius 2 is 1.91 bits per heavy atom. The number of benzene rings is 1. The zero-order valence-electron chi connectivity index (χ0n) is 18.1. The smallest absolute Gasteiger partial charge is 0.349 e. The molecule has 9 nitrogen and oxygen atoms in total. The third kappa shape index (κ3) is 4.60. The van der Waals surface area contributed by atoms with Crippen molar-refractivity contribution >= 4 is 41.5 Å². The molecule has 0 radical (unpaired) electrons. The molecule has 14 heteroatoms. The Kier molecular flexibility index (Phi) is 6.56. The largest absolute Gasteiger partial charge is 0.435 e. The molecule has 5 rings (SSSR count). The summed E-state index contributed by atoms with van der Waals surface area (Å²) in [6.45, 7) is 1.78. The number of carbonyl (C=O) groups excluding carboxylic acids is 2. The minimum atomic E-state index is -4.66. The molecule has 1 aliphatic heterocycles. The predicted octanol–water partition coefficient (Wildman–Crippen LogP) is 3.10. The van der Waals surface area contributed by atoms with Crippen LogP contribution in [0.1, 0.15) is 26.7 Å². The summed E-state index contributed by atoms with van der Waals surface area (Å²) in [6, 6.07) is 4.62. The average Bonchev–Trinajstić information content (AvgIpc) is 3.26. The minimum absolute atomic E-state index is 0. The fraction of sp³-hybridized carbons (Fsp3) is 0.333. The summed E-state index contributed by atoms with van der Waals surface area (Å²) < 4.78 is 40.8. The third-order valence-corrected chi connectivity index (χ3v) is 6.55. The Morgan fingerprint density at radius 1 is 1.20 bits per heavy atom. The normalized spacial score (nSPS) is 20.7. The number of hydrogen-bond acceptors (Lipinski definition) is 5. The Hall–Kier alpha value is -3.09. The van der Waals surface area contributed by atoms with Crippen LogP contribution in [0.15, 0.2) is 30.6 Å². The standard InChI is InChI=1S/C21H19ClF3N7O2.ClH/c1-32-15(13-7-28-31-17(13)21(23,24)25)8-27-18(32)20(34)29-9-2-3-10(14(22)4-9)19(33)30-16-11-5-26-6-12(11)16;/h2-4,7-8,11-12,16,26H,5-6H2,1H3,(H,28,31)(H,29,34)(H,30,33);1H/t11-,12+,16-;. The van der Waals surface area contributed by atoms with E-state index in [0.29, 0.717) is 17.5 Å². The highest BCUT2D eigenvalue weighted by molar-refractivity contribution is 6.34. The summed E-state index contributed by atoms with van der Waals surface area (Å²) >= 11 is 6.28. The Bertz CT molecular complexity index is 1280. The number of aromatic nitrogens is 4. The van der Waals surface area contributed by atoms with Crippen LogP contribution in [0.4, 0.5) is 18.9 Å². The first-order valence-corrected chi connectivity index (χ1v) is 10.8. The highest BCUT2D eigenvalue weighted by Gasteiger charge is 2.53. The SMILES string of the molecule is Cl.Cn1c(-c2c[nH]nc2C(F)(F)F)cnc1C(=O)Nc1ccc(C(=O)N[C@@H]2[C@@H]3CNC[C@@H]32)c(Cl)c1. The number of amides is 2. The number of fused-ring (bicyclic) bond motifs is 1. The van der Waals surface area contributed by atoms with Crippen LogP contribution >= 0.6 is 24.0 Å². The van der Waals surface area contributed by atoms with E-state index in [-0.39, 0.29) is 52.0 Å². The van der Waals surface area contributed by atoms with Crippen LogP contribution in [0.25, 0.3) is 11.3 Å². The number of piperidine rings is 1. The lowest BCUT2D eigenvalue weighted by atomic mass is 10.2. The van der Waals surface area contributed by atoms with Gasteiger partial charge in [0, 0.05) is 38.1 Å². The van der Waals surface area contributed by atoms with Crippen LogP contribution in [0.5, 0.6) is 0 Å². The van der Waals surface area contributed by atoms with E-state index in [1.807, 2.05) is 0 Å². The number of carbonyl (C=O) groups is 2. The lowest BCUT2D eigenvalue weighted by molar-refractivity contribution is -0.140. The summed E-state index contributed by atoms with van der Waals surface area (Å²) in [5, 5.41) is 14.5. The number of halogens is 5. The van der Waals surface area contributed by atoms with Gasteiger partial charge in [-0.2, -0.15) is 18.3 Å². The first-order valence-electron chi connectivity index (χ1n) is 10.4. The van der Waals surface area contributed by atoms with E-state index >= 15 is 0 Å². The molecule has 2 amide bonds. The summed E-state index contributed by atoms with van der Waals surface area (Å²) in [6.07, 6.45) is -2.41. The maximum Gasteiger partial charge on any atom is 0.435 e. The van der Waals surface area contributed by atoms with E-state index in [2.05, 4.69) is 31.1 Å². The highest BCUT2D eigenvalue weighted by Crippen LogP contribution is 2.42. The van der Waals surface area contributed by atoms with E-state index in [9.17, 15) is 22.8 Å². The van der Waals surface area contributed by atoms with Gasteiger partial charge in [-0.15, -0.1) is 12.4 Å². The molecule has 35 heavy (non-hydrogen) atoms. The van der Waals surface area contributed by atoms with E-state index < -0.39 is 17.8 Å². The second-order valence-electron chi connectivity index (χ2n) is 8.31. The van der Waals surface area contributed by atoms with Gasteiger partial charge >= 0.3 is 6.18 Å². The van der Waals surface area contributed by atoms with Crippen molar-refractivity contribution < 1.29 is 22.8 Å². The van der Waals surface area contributed by atoms with Crippen molar-refractivity contribution in [2.75, 3.05) is 18.4 Å². The Morgan fingerprint density at radius 3 is 2.57 bits per heavy atom. The van der Waals surface area contributed by atoms with Gasteiger partial charge in [-0.1, -0.05) is 11.6 Å². The molecule has 0 unspecified atom stereocenters. The molecule has 1 saturated carbocycles. The van der Waals surface area contributed by atoms with Crippen LogP contribution in [-0.2, 0) is 13.2 Å². The van der Waals surface area contributed by atoms with Crippen LogP contribution in [-0.4, -0.2) is 50.7 Å². The van der Waals surface area contributed by atoms with Crippen molar-refractivity contribution in [3.8, 4) is 11.3 Å². The van der Waals surface area contributed by atoms with Crippen LogP contribution in [0.3, 0.4) is 0 Å². The number of H-pyrrole nitrogens is 1. The predicted molar refractivity (Wildman–Crippen MR) is 124 cm³/mol. The number of aromatic amines is 1. The zero-order chi connectivity index (χ0) is 24.2. The van der Waals surface area contributed by atoms with Crippen molar-refractivity contribution in [1.29, 1.82) is 0 Å². The fourth-order valence-corrected chi connectivity index (χ4v) is 4.66. The van der Waals surface area contributed by atoms with Gasteiger partial charge in [0.05, 0.1) is 28.0 Å². The highest BCUT2D eigenvalue weighted by atomic mass is 35.5. The molecule has 1 saturated heterocycles. The molecular weight excluding hydrogens is 510 g/mol. The zero-order valence-corrected chi connectivity index (χ0v) is 19.7. The molecule has 3 atom stereocenters. The summed E-state index contributed by atoms with van der Waals surface area (Å²) in [5.74, 6) is -0.137. The Balaban J connectivity index is 0.00000289. The number of anilines is 1. The quantitative estimate of drug-likeness (QED) is 0.405. The van der Waals surface area contributed by atoms with Gasteiger partial charge in [0.1, 0.15) is 0 Å². The van der Waals surface area contributed by atoms with E-state index in [0.717, 1.165) is 25.5 Å². The first kappa shape index (κ1) is 25.0. The van der Waals surface area contributed by atoms with Gasteiger partial charge in [-0.05, 0) is 30.0 Å². The van der Waals surface area contributed by atoms with Crippen molar-refractivity contribution in [1.82, 2.24) is 30.4 Å². The number of nitrogens with zero attached hydrogens (tertiary/aromatic N) is 3. The molecule has 1 aliphatic carbocycles. The van der Waals surface area contributed by atoms with E-state index in [1.54, 1.807) is 0 Å². The number of nitrogens with one attached hydrogen (secondary N) is 4. The van der Waals surface area contributed by atoms with E-state index in [1.165, 1.54) is 29.8 Å². The van der Waals surface area contributed by atoms with Crippen molar-refractivity contribution in [3.05, 3.63) is 52.7 Å². The van der Waals surface area contributed by atoms with Crippen LogP contribution < -0.4 is 16.0 Å². The van der Waals surface area contributed by atoms with Crippen LogP contribution in [0, 0.1) is 11.8 Å². The van der Waals surface area contributed by atoms with Gasteiger partial charge in [0.25, 0.3) is 11.8 Å². The summed E-state index contributed by atoms with van der Waals surface area (Å²) in [4.78, 5) is 29.2. The van der Waals surface area contributed by atoms with Crippen molar-refractivity contribution in [2.45, 2.75) is 12.2 Å². The fourth-order valence-electron chi connectivity index (χ4n) is 4.40. The van der Waals surface area contributed by atoms with Gasteiger partial charge in [0.2, 0.25) is 0 Å². The Labute approximate surface area is 208 Å². The first-order chi connectivity index (χ1) is 16.1. The maximum absolute atomic E-state index is 13.2. The monoisotopic (exact) mass is 529 g/mol. The van der Waals surface area contributed by atoms with Crippen LogP contribution in [0.2, 0.25) is 5.02 Å². The third-order valence-electron chi connectivity index (χ3n) is 6.24. The summed E-state index contributed by atoms with van der Waals surface area (Å²) in [5.41, 5.74) is -0.666. The number of hydrogen-bond donors (Lipinski definition) is 4. The molecule has 3 heterocycles. The maximum atomic E-state index is 13.2. The van der Waals surface area contributed by atoms with Gasteiger partial charge in [-0.3, -0.25) is 14.7 Å². The average molecular weight is 530 g/mol. The second-order valence-corrected chi connectivity index (χ2v) is 8.71. The molecule has 2 aliphatic rings. The molecule has 186 valence electrons. The van der Waals surface area contributed by atoms with Gasteiger partial charge in [0.15, 0.2) is 11.5 Å². The molecule has 2 aromatic heterocycles. The lowest BCUT2D eigenvalue weighted by Gasteiger charge is -2.11. The molecular formula is C21H20Cl2F3N7O2. The molecule has 0 bridgehead atoms. The molecule has 4 N–H and O–H groups in total. The number of imidazole rings is 1. The van der Waals surface area contributed by atoms with Crippen molar-refractivity contribution in [2.24, 2.45) is 18.9 Å². The molecule has 1 aromatic carbocycles. The molecule has 0 spiro atoms. The molecule has 2 fully saturated rings. The second kappa shape index (κ2) is 9.17. The molecule has 3 aromatic rings. The summed E-state index contributed by atoms with van der Waals surface area (Å²) in [7, 11) is 1.42. The van der Waals surface area contributed by atoms with Crippen molar-refractivity contribution in [3.63, 3.8) is 0 Å².